The first-order valence-electron chi connectivity index (χ1n) is 8.55. The fourth-order valence-corrected chi connectivity index (χ4v) is 3.16. The Morgan fingerprint density at radius 2 is 2.00 bits per heavy atom. The van der Waals surface area contributed by atoms with E-state index in [9.17, 15) is 9.59 Å². The Balaban J connectivity index is 1.63. The molecule has 0 N–H and O–H groups in total. The summed E-state index contributed by atoms with van der Waals surface area (Å²) < 4.78 is 5.55. The Morgan fingerprint density at radius 1 is 1.25 bits per heavy atom. The van der Waals surface area contributed by atoms with Crippen LogP contribution in [0.4, 0.5) is 5.69 Å². The van der Waals surface area contributed by atoms with Crippen LogP contribution in [0.15, 0.2) is 30.3 Å². The van der Waals surface area contributed by atoms with E-state index in [4.69, 9.17) is 4.74 Å². The molecule has 24 heavy (non-hydrogen) atoms. The van der Waals surface area contributed by atoms with E-state index >= 15 is 0 Å². The molecule has 5 nitrogen and oxygen atoms in total. The largest absolute Gasteiger partial charge is 0.375 e. The van der Waals surface area contributed by atoms with E-state index in [1.807, 2.05) is 54.0 Å². The molecule has 128 valence electrons. The van der Waals surface area contributed by atoms with Crippen LogP contribution in [0, 0.1) is 0 Å². The Hall–Kier alpha value is -2.14. The minimum atomic E-state index is 0.0106. The van der Waals surface area contributed by atoms with Crippen LogP contribution in [0.2, 0.25) is 0 Å². The van der Waals surface area contributed by atoms with E-state index < -0.39 is 0 Å². The number of anilines is 1. The van der Waals surface area contributed by atoms with Crippen molar-refractivity contribution in [3.05, 3.63) is 35.9 Å². The fraction of sp³-hybridized carbons (Fsp3) is 0.474. The maximum absolute atomic E-state index is 12.4. The lowest BCUT2D eigenvalue weighted by Gasteiger charge is -2.36. The molecule has 0 radical (unpaired) electrons. The van der Waals surface area contributed by atoms with Gasteiger partial charge in [-0.3, -0.25) is 9.59 Å². The molecule has 2 aliphatic heterocycles. The van der Waals surface area contributed by atoms with Crippen molar-refractivity contribution in [3.63, 3.8) is 0 Å². The van der Waals surface area contributed by atoms with E-state index in [-0.39, 0.29) is 24.0 Å². The summed E-state index contributed by atoms with van der Waals surface area (Å²) >= 11 is 0. The highest BCUT2D eigenvalue weighted by Gasteiger charge is 2.26. The third kappa shape index (κ3) is 3.67. The van der Waals surface area contributed by atoms with Crippen LogP contribution in [-0.2, 0) is 14.3 Å². The van der Waals surface area contributed by atoms with Gasteiger partial charge in [-0.2, -0.15) is 0 Å². The normalized spacial score (nSPS) is 24.8. The van der Waals surface area contributed by atoms with E-state index in [1.165, 1.54) is 0 Å². The van der Waals surface area contributed by atoms with Crippen LogP contribution < -0.4 is 4.90 Å². The van der Waals surface area contributed by atoms with Gasteiger partial charge in [-0.15, -0.1) is 0 Å². The Kier molecular flexibility index (Phi) is 5.00. The summed E-state index contributed by atoms with van der Waals surface area (Å²) in [5.41, 5.74) is 1.88. The van der Waals surface area contributed by atoms with Crippen molar-refractivity contribution in [1.82, 2.24) is 4.90 Å². The third-order valence-corrected chi connectivity index (χ3v) is 4.59. The van der Waals surface area contributed by atoms with Crippen molar-refractivity contribution in [1.29, 1.82) is 0 Å². The number of hydrogen-bond acceptors (Lipinski definition) is 3. The average molecular weight is 328 g/mol. The summed E-state index contributed by atoms with van der Waals surface area (Å²) in [6.07, 6.45) is 5.07. The van der Waals surface area contributed by atoms with Gasteiger partial charge >= 0.3 is 0 Å². The molecule has 2 heterocycles. The summed E-state index contributed by atoms with van der Waals surface area (Å²) in [6.45, 7) is 5.98. The Bertz CT molecular complexity index is 639. The average Bonchev–Trinajstić information content (AvgIpc) is 3.01. The summed E-state index contributed by atoms with van der Waals surface area (Å²) in [5.74, 6) is 0.195. The van der Waals surface area contributed by atoms with Gasteiger partial charge in [0, 0.05) is 31.3 Å². The number of benzene rings is 1. The molecule has 2 atom stereocenters. The summed E-state index contributed by atoms with van der Waals surface area (Å²) in [6, 6.07) is 7.85. The molecule has 5 heteroatoms. The van der Waals surface area contributed by atoms with E-state index in [2.05, 4.69) is 0 Å². The second kappa shape index (κ2) is 7.18. The van der Waals surface area contributed by atoms with Crippen molar-refractivity contribution in [3.8, 4) is 0 Å². The predicted octanol–water partition coefficient (Wildman–Crippen LogP) is 2.46. The minimum Gasteiger partial charge on any atom is -0.375 e. The summed E-state index contributed by atoms with van der Waals surface area (Å²) in [7, 11) is 0. The molecule has 0 spiro atoms. The van der Waals surface area contributed by atoms with Crippen LogP contribution in [0.25, 0.3) is 6.08 Å². The molecule has 0 aliphatic carbocycles. The van der Waals surface area contributed by atoms with Crippen molar-refractivity contribution in [2.24, 2.45) is 0 Å². The highest BCUT2D eigenvalue weighted by atomic mass is 16.5. The molecule has 2 fully saturated rings. The highest BCUT2D eigenvalue weighted by molar-refractivity contribution is 5.95. The fourth-order valence-electron chi connectivity index (χ4n) is 3.16. The molecule has 3 rings (SSSR count). The van der Waals surface area contributed by atoms with Crippen LogP contribution in [-0.4, -0.2) is 48.6 Å². The highest BCUT2D eigenvalue weighted by Crippen LogP contribution is 2.22. The number of amides is 2. The van der Waals surface area contributed by atoms with Gasteiger partial charge < -0.3 is 14.5 Å². The minimum absolute atomic E-state index is 0.0106. The van der Waals surface area contributed by atoms with Gasteiger partial charge in [0.25, 0.3) is 0 Å². The molecular weight excluding hydrogens is 304 g/mol. The summed E-state index contributed by atoms with van der Waals surface area (Å²) in [5, 5.41) is 0. The number of carbonyl (C=O) groups excluding carboxylic acids is 2. The van der Waals surface area contributed by atoms with Crippen molar-refractivity contribution < 1.29 is 14.3 Å². The quantitative estimate of drug-likeness (QED) is 0.801. The number of ether oxygens (including phenoxy) is 1. The van der Waals surface area contributed by atoms with Crippen molar-refractivity contribution in [2.45, 2.75) is 38.8 Å². The molecule has 2 saturated heterocycles. The van der Waals surface area contributed by atoms with Crippen LogP contribution in [0.1, 0.15) is 32.3 Å². The topological polar surface area (TPSA) is 49.9 Å². The lowest BCUT2D eigenvalue weighted by Crippen LogP contribution is -2.49. The van der Waals surface area contributed by atoms with E-state index in [0.717, 1.165) is 24.2 Å². The predicted molar refractivity (Wildman–Crippen MR) is 93.7 cm³/mol. The summed E-state index contributed by atoms with van der Waals surface area (Å²) in [4.78, 5) is 27.8. The van der Waals surface area contributed by atoms with Gasteiger partial charge in [0.15, 0.2) is 0 Å². The number of rotatable bonds is 3. The lowest BCUT2D eigenvalue weighted by atomic mass is 10.1. The monoisotopic (exact) mass is 328 g/mol. The van der Waals surface area contributed by atoms with Crippen LogP contribution in [0.3, 0.4) is 0 Å². The first-order valence-corrected chi connectivity index (χ1v) is 8.55. The zero-order chi connectivity index (χ0) is 17.1. The van der Waals surface area contributed by atoms with Gasteiger partial charge in [-0.05, 0) is 44.0 Å². The van der Waals surface area contributed by atoms with Gasteiger partial charge in [0.1, 0.15) is 0 Å². The Labute approximate surface area is 142 Å². The molecule has 2 aliphatic rings. The standard InChI is InChI=1S/C19H24N2O3/c1-14-13-24-15(2)12-21(14)19(23)10-7-16-5-8-17(9-6-16)20-11-3-4-18(20)22/h5-10,14-15H,3-4,11-13H2,1-2H3/b10-7+. The van der Waals surface area contributed by atoms with Crippen LogP contribution >= 0.6 is 0 Å². The first kappa shape index (κ1) is 16.7. The second-order valence-electron chi connectivity index (χ2n) is 6.56. The smallest absolute Gasteiger partial charge is 0.246 e. The van der Waals surface area contributed by atoms with E-state index in [1.54, 1.807) is 6.08 Å². The molecule has 0 saturated carbocycles. The molecular formula is C19H24N2O3. The molecule has 1 aromatic carbocycles. The zero-order valence-corrected chi connectivity index (χ0v) is 14.3. The third-order valence-electron chi connectivity index (χ3n) is 4.59. The number of carbonyl (C=O) groups is 2. The number of nitrogens with zero attached hydrogens (tertiary/aromatic N) is 2. The number of hydrogen-bond donors (Lipinski definition) is 0. The molecule has 0 bridgehead atoms. The molecule has 1 aromatic rings. The van der Waals surface area contributed by atoms with Crippen molar-refractivity contribution >= 4 is 23.6 Å². The number of morpholine rings is 1. The van der Waals surface area contributed by atoms with Crippen LogP contribution in [0.5, 0.6) is 0 Å². The first-order chi connectivity index (χ1) is 11.5. The second-order valence-corrected chi connectivity index (χ2v) is 6.56. The van der Waals surface area contributed by atoms with Gasteiger partial charge in [-0.1, -0.05) is 12.1 Å². The maximum Gasteiger partial charge on any atom is 0.246 e. The van der Waals surface area contributed by atoms with Gasteiger partial charge in [0.05, 0.1) is 18.8 Å². The van der Waals surface area contributed by atoms with Crippen molar-refractivity contribution in [2.75, 3.05) is 24.6 Å². The van der Waals surface area contributed by atoms with Gasteiger partial charge in [0.2, 0.25) is 11.8 Å². The molecule has 2 unspecified atom stereocenters. The maximum atomic E-state index is 12.4. The zero-order valence-electron chi connectivity index (χ0n) is 14.3. The van der Waals surface area contributed by atoms with Gasteiger partial charge in [-0.25, -0.2) is 0 Å². The Morgan fingerprint density at radius 3 is 2.67 bits per heavy atom. The SMILES string of the molecule is CC1CN(C(=O)/C=C/c2ccc(N3CCCC3=O)cc2)C(C)CO1. The molecule has 0 aromatic heterocycles. The lowest BCUT2D eigenvalue weighted by molar-refractivity contribution is -0.137. The van der Waals surface area contributed by atoms with E-state index in [0.29, 0.717) is 19.6 Å². The molecule has 2 amide bonds.